The first kappa shape index (κ1) is 12.4. The van der Waals surface area contributed by atoms with Crippen LogP contribution in [-0.2, 0) is 0 Å². The van der Waals surface area contributed by atoms with Crippen molar-refractivity contribution in [3.63, 3.8) is 0 Å². The molecule has 0 spiro atoms. The Labute approximate surface area is 93.8 Å². The summed E-state index contributed by atoms with van der Waals surface area (Å²) < 4.78 is 4.59. The van der Waals surface area contributed by atoms with E-state index >= 15 is 0 Å². The molecule has 0 unspecified atom stereocenters. The van der Waals surface area contributed by atoms with Gasteiger partial charge in [0.1, 0.15) is 6.26 Å². The van der Waals surface area contributed by atoms with Gasteiger partial charge in [0.25, 0.3) is 5.91 Å². The number of nitrogens with one attached hydrogen (secondary N) is 2. The van der Waals surface area contributed by atoms with Crippen molar-refractivity contribution in [2.45, 2.75) is 13.3 Å². The van der Waals surface area contributed by atoms with E-state index in [4.69, 9.17) is 0 Å². The molecule has 0 saturated heterocycles. The molecule has 1 heterocycles. The highest BCUT2D eigenvalue weighted by Gasteiger charge is 2.04. The molecular weight excluding hydrogens is 208 g/mol. The Kier molecular flexibility index (Phi) is 5.28. The summed E-state index contributed by atoms with van der Waals surface area (Å²) in [6, 6.07) is 2.67. The molecule has 0 aliphatic rings. The lowest BCUT2D eigenvalue weighted by Crippen LogP contribution is -2.32. The third-order valence-corrected chi connectivity index (χ3v) is 1.98. The van der Waals surface area contributed by atoms with Crippen LogP contribution in [0.4, 0.5) is 0 Å². The van der Waals surface area contributed by atoms with Crippen LogP contribution >= 0.6 is 0 Å². The maximum absolute atomic E-state index is 11.5. The highest BCUT2D eigenvalue weighted by molar-refractivity contribution is 5.93. The van der Waals surface area contributed by atoms with Crippen LogP contribution in [0.1, 0.15) is 23.7 Å². The fourth-order valence-corrected chi connectivity index (χ4v) is 1.16. The van der Waals surface area contributed by atoms with E-state index in [0.29, 0.717) is 12.1 Å². The Morgan fingerprint density at radius 1 is 1.31 bits per heavy atom. The minimum Gasteiger partial charge on any atom is -0.430 e. The van der Waals surface area contributed by atoms with Crippen LogP contribution in [0.3, 0.4) is 0 Å². The number of hydrogen-bond donors (Lipinski definition) is 2. The standard InChI is InChI=1S/C11H16N2O3/c1-2-5-12-6-7-13-11(15)9-3-4-10(14)16-8-9/h3-4,8,12H,2,5-7H2,1H3,(H,13,15). The summed E-state index contributed by atoms with van der Waals surface area (Å²) in [5, 5.41) is 5.88. The normalized spacial score (nSPS) is 10.1. The zero-order valence-corrected chi connectivity index (χ0v) is 9.29. The van der Waals surface area contributed by atoms with Crippen molar-refractivity contribution in [3.8, 4) is 0 Å². The summed E-state index contributed by atoms with van der Waals surface area (Å²) in [6.45, 7) is 4.31. The smallest absolute Gasteiger partial charge is 0.335 e. The van der Waals surface area contributed by atoms with E-state index in [9.17, 15) is 9.59 Å². The van der Waals surface area contributed by atoms with E-state index < -0.39 is 5.63 Å². The van der Waals surface area contributed by atoms with Crippen LogP contribution in [0.2, 0.25) is 0 Å². The third kappa shape index (κ3) is 4.27. The summed E-state index contributed by atoms with van der Waals surface area (Å²) in [5.74, 6) is -0.234. The molecular formula is C11H16N2O3. The lowest BCUT2D eigenvalue weighted by atomic mass is 10.3. The fourth-order valence-electron chi connectivity index (χ4n) is 1.16. The van der Waals surface area contributed by atoms with Gasteiger partial charge in [0.05, 0.1) is 5.56 Å². The molecule has 16 heavy (non-hydrogen) atoms. The van der Waals surface area contributed by atoms with Crippen molar-refractivity contribution in [1.82, 2.24) is 10.6 Å². The van der Waals surface area contributed by atoms with Crippen LogP contribution in [0, 0.1) is 0 Å². The summed E-state index contributed by atoms with van der Waals surface area (Å²) in [5.41, 5.74) is -0.101. The van der Waals surface area contributed by atoms with Gasteiger partial charge in [0, 0.05) is 19.2 Å². The van der Waals surface area contributed by atoms with Gasteiger partial charge in [-0.05, 0) is 19.0 Å². The molecule has 0 aromatic carbocycles. The maximum Gasteiger partial charge on any atom is 0.335 e. The van der Waals surface area contributed by atoms with E-state index in [-0.39, 0.29) is 5.91 Å². The van der Waals surface area contributed by atoms with E-state index in [1.54, 1.807) is 0 Å². The highest BCUT2D eigenvalue weighted by atomic mass is 16.4. The molecule has 88 valence electrons. The van der Waals surface area contributed by atoms with Gasteiger partial charge < -0.3 is 15.1 Å². The Balaban J connectivity index is 2.30. The van der Waals surface area contributed by atoms with Crippen LogP contribution < -0.4 is 16.3 Å². The molecule has 0 radical (unpaired) electrons. The summed E-state index contributed by atoms with van der Waals surface area (Å²) >= 11 is 0. The SMILES string of the molecule is CCCNCCNC(=O)c1ccc(=O)oc1. The molecule has 0 aliphatic heterocycles. The quantitative estimate of drug-likeness (QED) is 0.685. The summed E-state index contributed by atoms with van der Waals surface area (Å²) in [6.07, 6.45) is 2.23. The van der Waals surface area contributed by atoms with Crippen molar-refractivity contribution in [1.29, 1.82) is 0 Å². The second-order valence-corrected chi connectivity index (χ2v) is 3.35. The number of carbonyl (C=O) groups excluding carboxylic acids is 1. The molecule has 1 aromatic rings. The lowest BCUT2D eigenvalue weighted by Gasteiger charge is -2.05. The summed E-state index contributed by atoms with van der Waals surface area (Å²) in [4.78, 5) is 22.2. The fraction of sp³-hybridized carbons (Fsp3) is 0.455. The first-order chi connectivity index (χ1) is 7.74. The van der Waals surface area contributed by atoms with Crippen LogP contribution in [-0.4, -0.2) is 25.5 Å². The minimum absolute atomic E-state index is 0.234. The van der Waals surface area contributed by atoms with E-state index in [0.717, 1.165) is 25.8 Å². The first-order valence-corrected chi connectivity index (χ1v) is 5.32. The molecule has 5 heteroatoms. The van der Waals surface area contributed by atoms with Gasteiger partial charge in [0.15, 0.2) is 0 Å². The van der Waals surface area contributed by atoms with Crippen LogP contribution in [0.15, 0.2) is 27.6 Å². The predicted octanol–water partition coefficient (Wildman–Crippen LogP) is 0.369. The Morgan fingerprint density at radius 2 is 2.12 bits per heavy atom. The average molecular weight is 224 g/mol. The molecule has 0 aliphatic carbocycles. The van der Waals surface area contributed by atoms with Crippen LogP contribution in [0.5, 0.6) is 0 Å². The van der Waals surface area contributed by atoms with Crippen molar-refractivity contribution in [2.75, 3.05) is 19.6 Å². The van der Waals surface area contributed by atoms with Gasteiger partial charge in [-0.15, -0.1) is 0 Å². The minimum atomic E-state index is -0.457. The van der Waals surface area contributed by atoms with Crippen molar-refractivity contribution in [2.24, 2.45) is 0 Å². The second-order valence-electron chi connectivity index (χ2n) is 3.35. The van der Waals surface area contributed by atoms with Gasteiger partial charge in [-0.1, -0.05) is 6.92 Å². The number of amides is 1. The average Bonchev–Trinajstić information content (AvgIpc) is 2.29. The molecule has 1 aromatic heterocycles. The van der Waals surface area contributed by atoms with Gasteiger partial charge >= 0.3 is 5.63 Å². The molecule has 0 atom stereocenters. The zero-order chi connectivity index (χ0) is 11.8. The van der Waals surface area contributed by atoms with Gasteiger partial charge in [-0.2, -0.15) is 0 Å². The topological polar surface area (TPSA) is 71.3 Å². The highest BCUT2D eigenvalue weighted by Crippen LogP contribution is 1.93. The number of hydrogen-bond acceptors (Lipinski definition) is 4. The Morgan fingerprint density at radius 3 is 2.75 bits per heavy atom. The maximum atomic E-state index is 11.5. The van der Waals surface area contributed by atoms with Crippen molar-refractivity contribution < 1.29 is 9.21 Å². The van der Waals surface area contributed by atoms with Crippen molar-refractivity contribution in [3.05, 3.63) is 34.4 Å². The van der Waals surface area contributed by atoms with E-state index in [2.05, 4.69) is 22.0 Å². The molecule has 1 amide bonds. The third-order valence-electron chi connectivity index (χ3n) is 1.98. The van der Waals surface area contributed by atoms with E-state index in [1.807, 2.05) is 0 Å². The van der Waals surface area contributed by atoms with Gasteiger partial charge in [-0.3, -0.25) is 4.79 Å². The zero-order valence-electron chi connectivity index (χ0n) is 9.29. The number of rotatable bonds is 6. The largest absolute Gasteiger partial charge is 0.430 e. The monoisotopic (exact) mass is 224 g/mol. The molecule has 5 nitrogen and oxygen atoms in total. The molecule has 1 rings (SSSR count). The molecule has 0 fully saturated rings. The molecule has 2 N–H and O–H groups in total. The Bertz CT molecular complexity index is 367. The van der Waals surface area contributed by atoms with Gasteiger partial charge in [-0.25, -0.2) is 4.79 Å². The van der Waals surface area contributed by atoms with Crippen LogP contribution in [0.25, 0.3) is 0 Å². The number of carbonyl (C=O) groups is 1. The van der Waals surface area contributed by atoms with Crippen molar-refractivity contribution >= 4 is 5.91 Å². The second kappa shape index (κ2) is 6.79. The van der Waals surface area contributed by atoms with E-state index in [1.165, 1.54) is 12.1 Å². The lowest BCUT2D eigenvalue weighted by molar-refractivity contribution is 0.0951. The summed E-state index contributed by atoms with van der Waals surface area (Å²) in [7, 11) is 0. The predicted molar refractivity (Wildman–Crippen MR) is 60.5 cm³/mol. The van der Waals surface area contributed by atoms with Gasteiger partial charge in [0.2, 0.25) is 0 Å². The Hall–Kier alpha value is -1.62. The first-order valence-electron chi connectivity index (χ1n) is 5.32. The molecule has 0 saturated carbocycles. The molecule has 0 bridgehead atoms.